The second kappa shape index (κ2) is 9.42. The number of carbonyl (C=O) groups is 1. The number of hydrogen-bond donors (Lipinski definition) is 1. The molecule has 1 amide bonds. The van der Waals surface area contributed by atoms with E-state index in [1.54, 1.807) is 4.90 Å². The molecule has 4 aromatic carbocycles. The molecule has 2 aliphatic heterocycles. The van der Waals surface area contributed by atoms with Gasteiger partial charge in [0, 0.05) is 16.8 Å². The Hall–Kier alpha value is -5.08. The standard InChI is InChI=1S/C33H25N3O2/c34-21-28-31(35)38-30-25(16-9-15-23-11-3-1-4-12-23)17-10-19-27(30)33(28)26-18-7-8-20-29(26)36(32(33)37)22-24-13-5-2-6-14-24/h1-15,17-20H,16,22,35H2/b15-9+/t33-/m1/s1. The Morgan fingerprint density at radius 3 is 2.32 bits per heavy atom. The fourth-order valence-corrected chi connectivity index (χ4v) is 5.54. The molecule has 184 valence electrons. The second-order valence-electron chi connectivity index (χ2n) is 9.41. The van der Waals surface area contributed by atoms with E-state index in [1.807, 2.05) is 103 Å². The van der Waals surface area contributed by atoms with Gasteiger partial charge in [0.15, 0.2) is 0 Å². The first-order valence-electron chi connectivity index (χ1n) is 12.5. The van der Waals surface area contributed by atoms with Crippen LogP contribution in [0.5, 0.6) is 5.75 Å². The monoisotopic (exact) mass is 495 g/mol. The Kier molecular flexibility index (Phi) is 5.78. The fourth-order valence-electron chi connectivity index (χ4n) is 5.54. The van der Waals surface area contributed by atoms with Crippen LogP contribution in [0.2, 0.25) is 0 Å². The van der Waals surface area contributed by atoms with Gasteiger partial charge in [0.25, 0.3) is 0 Å². The minimum absolute atomic E-state index is 0.0378. The number of nitrogens with zero attached hydrogens (tertiary/aromatic N) is 2. The molecule has 0 bridgehead atoms. The molecule has 0 radical (unpaired) electrons. The van der Waals surface area contributed by atoms with E-state index in [2.05, 4.69) is 18.2 Å². The van der Waals surface area contributed by atoms with Crippen LogP contribution in [0.15, 0.2) is 121 Å². The van der Waals surface area contributed by atoms with E-state index in [0.29, 0.717) is 24.3 Å². The smallest absolute Gasteiger partial charge is 0.248 e. The van der Waals surface area contributed by atoms with Crippen molar-refractivity contribution in [2.75, 3.05) is 4.90 Å². The lowest BCUT2D eigenvalue weighted by Crippen LogP contribution is -2.45. The van der Waals surface area contributed by atoms with Crippen molar-refractivity contribution in [1.29, 1.82) is 5.26 Å². The first-order chi connectivity index (χ1) is 18.6. The van der Waals surface area contributed by atoms with Gasteiger partial charge in [0.2, 0.25) is 11.8 Å². The molecular weight excluding hydrogens is 470 g/mol. The van der Waals surface area contributed by atoms with Gasteiger partial charge in [-0.15, -0.1) is 0 Å². The maximum atomic E-state index is 14.5. The predicted molar refractivity (Wildman–Crippen MR) is 148 cm³/mol. The third-order valence-corrected chi connectivity index (χ3v) is 7.24. The van der Waals surface area contributed by atoms with E-state index >= 15 is 0 Å². The van der Waals surface area contributed by atoms with Crippen LogP contribution in [0.25, 0.3) is 6.08 Å². The molecule has 5 heteroatoms. The Morgan fingerprint density at radius 2 is 1.55 bits per heavy atom. The highest BCUT2D eigenvalue weighted by Gasteiger charge is 2.59. The lowest BCUT2D eigenvalue weighted by molar-refractivity contribution is -0.121. The van der Waals surface area contributed by atoms with Gasteiger partial charge in [-0.1, -0.05) is 109 Å². The number of nitriles is 1. The van der Waals surface area contributed by atoms with Gasteiger partial charge >= 0.3 is 0 Å². The number of ether oxygens (including phenoxy) is 1. The predicted octanol–water partition coefficient (Wildman–Crippen LogP) is 5.86. The summed E-state index contributed by atoms with van der Waals surface area (Å²) < 4.78 is 6.10. The highest BCUT2D eigenvalue weighted by Crippen LogP contribution is 2.56. The number of carbonyl (C=O) groups excluding carboxylic acids is 1. The van der Waals surface area contributed by atoms with E-state index in [1.165, 1.54) is 0 Å². The lowest BCUT2D eigenvalue weighted by Gasteiger charge is -2.35. The zero-order chi connectivity index (χ0) is 26.1. The van der Waals surface area contributed by atoms with Crippen LogP contribution in [0.4, 0.5) is 5.69 Å². The number of para-hydroxylation sites is 2. The van der Waals surface area contributed by atoms with Gasteiger partial charge in [0.1, 0.15) is 22.8 Å². The van der Waals surface area contributed by atoms with Crippen molar-refractivity contribution < 1.29 is 9.53 Å². The number of rotatable bonds is 5. The van der Waals surface area contributed by atoms with Crippen LogP contribution in [-0.2, 0) is 23.2 Å². The number of allylic oxidation sites excluding steroid dienone is 1. The van der Waals surface area contributed by atoms with Gasteiger partial charge < -0.3 is 15.4 Å². The maximum absolute atomic E-state index is 14.5. The van der Waals surface area contributed by atoms with Crippen molar-refractivity contribution in [3.8, 4) is 11.8 Å². The maximum Gasteiger partial charge on any atom is 0.248 e. The number of nitrogens with two attached hydrogens (primary N) is 1. The highest BCUT2D eigenvalue weighted by atomic mass is 16.5. The van der Waals surface area contributed by atoms with E-state index < -0.39 is 5.41 Å². The van der Waals surface area contributed by atoms with Gasteiger partial charge in [0.05, 0.1) is 6.54 Å². The van der Waals surface area contributed by atoms with Gasteiger partial charge in [-0.05, 0) is 29.2 Å². The van der Waals surface area contributed by atoms with Crippen molar-refractivity contribution in [3.63, 3.8) is 0 Å². The van der Waals surface area contributed by atoms with Crippen molar-refractivity contribution in [1.82, 2.24) is 0 Å². The van der Waals surface area contributed by atoms with Gasteiger partial charge in [-0.25, -0.2) is 0 Å². The van der Waals surface area contributed by atoms with Crippen molar-refractivity contribution in [2.45, 2.75) is 18.4 Å². The lowest BCUT2D eigenvalue weighted by atomic mass is 9.68. The number of amides is 1. The summed E-state index contributed by atoms with van der Waals surface area (Å²) >= 11 is 0. The summed E-state index contributed by atoms with van der Waals surface area (Å²) in [5.74, 6) is 0.291. The number of benzene rings is 4. The zero-order valence-corrected chi connectivity index (χ0v) is 20.7. The van der Waals surface area contributed by atoms with E-state index in [4.69, 9.17) is 10.5 Å². The topological polar surface area (TPSA) is 79.4 Å². The second-order valence-corrected chi connectivity index (χ2v) is 9.41. The Balaban J connectivity index is 1.50. The molecule has 0 saturated heterocycles. The summed E-state index contributed by atoms with van der Waals surface area (Å²) in [7, 11) is 0. The molecular formula is C33H25N3O2. The molecule has 1 spiro atoms. The average Bonchev–Trinajstić information content (AvgIpc) is 3.19. The molecule has 2 aliphatic rings. The third-order valence-electron chi connectivity index (χ3n) is 7.24. The van der Waals surface area contributed by atoms with E-state index in [0.717, 1.165) is 27.9 Å². The van der Waals surface area contributed by atoms with Gasteiger partial charge in [-0.2, -0.15) is 5.26 Å². The van der Waals surface area contributed by atoms with Crippen LogP contribution in [0.3, 0.4) is 0 Å². The molecule has 2 heterocycles. The molecule has 2 N–H and O–H groups in total. The molecule has 1 atom stereocenters. The van der Waals surface area contributed by atoms with Crippen molar-refractivity contribution in [3.05, 3.63) is 148 Å². The Morgan fingerprint density at radius 1 is 0.868 bits per heavy atom. The molecule has 0 fully saturated rings. The number of hydrogen-bond acceptors (Lipinski definition) is 4. The number of anilines is 1. The number of fused-ring (bicyclic) bond motifs is 4. The first-order valence-corrected chi connectivity index (χ1v) is 12.5. The summed E-state index contributed by atoms with van der Waals surface area (Å²) in [6.45, 7) is 0.382. The van der Waals surface area contributed by atoms with Gasteiger partial charge in [-0.3, -0.25) is 4.79 Å². The van der Waals surface area contributed by atoms with Crippen LogP contribution in [0.1, 0.15) is 27.8 Å². The summed E-state index contributed by atoms with van der Waals surface area (Å²) in [6.07, 6.45) is 4.69. The fraction of sp³-hybridized carbons (Fsp3) is 0.0909. The molecule has 0 saturated carbocycles. The van der Waals surface area contributed by atoms with E-state index in [9.17, 15) is 10.1 Å². The van der Waals surface area contributed by atoms with Crippen LogP contribution in [0, 0.1) is 11.3 Å². The van der Waals surface area contributed by atoms with Crippen molar-refractivity contribution >= 4 is 17.7 Å². The normalized spacial score (nSPS) is 17.9. The van der Waals surface area contributed by atoms with E-state index in [-0.39, 0.29) is 17.4 Å². The minimum atomic E-state index is -1.38. The van der Waals surface area contributed by atoms with Crippen molar-refractivity contribution in [2.24, 2.45) is 5.73 Å². The molecule has 6 rings (SSSR count). The minimum Gasteiger partial charge on any atom is -0.440 e. The molecule has 38 heavy (non-hydrogen) atoms. The largest absolute Gasteiger partial charge is 0.440 e. The van der Waals surface area contributed by atoms with Crippen LogP contribution >= 0.6 is 0 Å². The summed E-state index contributed by atoms with van der Waals surface area (Å²) in [4.78, 5) is 16.3. The first kappa shape index (κ1) is 23.3. The molecule has 5 nitrogen and oxygen atoms in total. The zero-order valence-electron chi connectivity index (χ0n) is 20.7. The average molecular weight is 496 g/mol. The van der Waals surface area contributed by atoms with Crippen LogP contribution in [-0.4, -0.2) is 5.91 Å². The van der Waals surface area contributed by atoms with Crippen LogP contribution < -0.4 is 15.4 Å². The Labute approximate surface area is 221 Å². The summed E-state index contributed by atoms with van der Waals surface area (Å²) in [5, 5.41) is 10.3. The highest BCUT2D eigenvalue weighted by molar-refractivity contribution is 6.14. The molecule has 0 aromatic heterocycles. The third kappa shape index (κ3) is 3.58. The quantitative estimate of drug-likeness (QED) is 0.376. The molecule has 0 aliphatic carbocycles. The molecule has 0 unspecified atom stereocenters. The summed E-state index contributed by atoms with van der Waals surface area (Å²) in [6, 6.07) is 35.5. The summed E-state index contributed by atoms with van der Waals surface area (Å²) in [5.41, 5.74) is 10.3. The SMILES string of the molecule is N#CC1=C(N)Oc2c(C/C=C/c3ccccc3)cccc2[C@@]12C(=O)N(Cc1ccccc1)c1ccccc12. The molecule has 4 aromatic rings. The Bertz CT molecular complexity index is 1630.